The summed E-state index contributed by atoms with van der Waals surface area (Å²) in [4.78, 5) is 6.35. The first-order valence-electron chi connectivity index (χ1n) is 9.89. The summed E-state index contributed by atoms with van der Waals surface area (Å²) in [6.45, 7) is 4.79. The molecule has 0 aliphatic heterocycles. The van der Waals surface area contributed by atoms with Crippen molar-refractivity contribution in [3.8, 4) is 11.6 Å². The first kappa shape index (κ1) is 20.8. The van der Waals surface area contributed by atoms with Gasteiger partial charge in [0.05, 0.1) is 6.61 Å². The quantitative estimate of drug-likeness (QED) is 0.494. The Bertz CT molecular complexity index is 852. The second-order valence-electron chi connectivity index (χ2n) is 7.01. The van der Waals surface area contributed by atoms with Crippen LogP contribution in [0.3, 0.4) is 0 Å². The predicted molar refractivity (Wildman–Crippen MR) is 118 cm³/mol. The Morgan fingerprint density at radius 1 is 0.966 bits per heavy atom. The second kappa shape index (κ2) is 10.6. The predicted octanol–water partition coefficient (Wildman–Crippen LogP) is 4.98. The van der Waals surface area contributed by atoms with Gasteiger partial charge in [0.15, 0.2) is 0 Å². The summed E-state index contributed by atoms with van der Waals surface area (Å²) in [6, 6.07) is 22.4. The SMILES string of the molecule is COCCNCC(C)c1ccc(N(C)c2ccc(Oc3ccccn3)cc2)cc1. The Morgan fingerprint density at radius 3 is 2.28 bits per heavy atom. The van der Waals surface area contributed by atoms with Crippen LogP contribution in [-0.2, 0) is 4.74 Å². The van der Waals surface area contributed by atoms with Crippen molar-refractivity contribution in [3.63, 3.8) is 0 Å². The molecule has 5 heteroatoms. The van der Waals surface area contributed by atoms with Gasteiger partial charge in [-0.2, -0.15) is 0 Å². The van der Waals surface area contributed by atoms with E-state index in [0.717, 1.165) is 36.8 Å². The molecule has 0 aliphatic rings. The summed E-state index contributed by atoms with van der Waals surface area (Å²) in [5, 5.41) is 3.42. The number of aromatic nitrogens is 1. The molecule has 1 heterocycles. The lowest BCUT2D eigenvalue weighted by Gasteiger charge is -2.21. The van der Waals surface area contributed by atoms with E-state index in [0.29, 0.717) is 11.8 Å². The zero-order valence-corrected chi connectivity index (χ0v) is 17.3. The molecule has 1 atom stereocenters. The highest BCUT2D eigenvalue weighted by atomic mass is 16.5. The monoisotopic (exact) mass is 391 g/mol. The molecule has 1 aromatic heterocycles. The van der Waals surface area contributed by atoms with Crippen LogP contribution in [0.1, 0.15) is 18.4 Å². The average molecular weight is 392 g/mol. The molecule has 3 aromatic rings. The molecular weight excluding hydrogens is 362 g/mol. The van der Waals surface area contributed by atoms with Crippen LogP contribution in [0.5, 0.6) is 11.6 Å². The van der Waals surface area contributed by atoms with Crippen molar-refractivity contribution < 1.29 is 9.47 Å². The molecule has 29 heavy (non-hydrogen) atoms. The van der Waals surface area contributed by atoms with Crippen molar-refractivity contribution in [1.82, 2.24) is 10.3 Å². The van der Waals surface area contributed by atoms with Crippen LogP contribution >= 0.6 is 0 Å². The fourth-order valence-electron chi connectivity index (χ4n) is 3.05. The summed E-state index contributed by atoms with van der Waals surface area (Å²) in [5.74, 6) is 1.82. The fraction of sp³-hybridized carbons (Fsp3) is 0.292. The minimum absolute atomic E-state index is 0.453. The molecule has 0 amide bonds. The van der Waals surface area contributed by atoms with Crippen LogP contribution in [-0.4, -0.2) is 38.8 Å². The van der Waals surface area contributed by atoms with Crippen molar-refractivity contribution in [3.05, 3.63) is 78.5 Å². The van der Waals surface area contributed by atoms with Gasteiger partial charge in [0.1, 0.15) is 5.75 Å². The topological polar surface area (TPSA) is 46.6 Å². The maximum absolute atomic E-state index is 5.76. The summed E-state index contributed by atoms with van der Waals surface area (Å²) in [6.07, 6.45) is 1.72. The summed E-state index contributed by atoms with van der Waals surface area (Å²) in [7, 11) is 3.79. The van der Waals surface area contributed by atoms with E-state index in [1.807, 2.05) is 30.3 Å². The number of pyridine rings is 1. The van der Waals surface area contributed by atoms with Crippen LogP contribution in [0.15, 0.2) is 72.9 Å². The van der Waals surface area contributed by atoms with Crippen LogP contribution < -0.4 is 15.0 Å². The molecule has 0 bridgehead atoms. The normalized spacial score (nSPS) is 11.8. The van der Waals surface area contributed by atoms with E-state index in [1.165, 1.54) is 5.56 Å². The number of benzene rings is 2. The lowest BCUT2D eigenvalue weighted by Crippen LogP contribution is -2.23. The second-order valence-corrected chi connectivity index (χ2v) is 7.01. The van der Waals surface area contributed by atoms with E-state index >= 15 is 0 Å². The molecule has 2 aromatic carbocycles. The molecule has 0 aliphatic carbocycles. The molecule has 0 fully saturated rings. The Balaban J connectivity index is 1.59. The van der Waals surface area contributed by atoms with Crippen LogP contribution in [0.2, 0.25) is 0 Å². The maximum atomic E-state index is 5.76. The molecule has 0 saturated heterocycles. The number of anilines is 2. The van der Waals surface area contributed by atoms with Crippen LogP contribution in [0, 0.1) is 0 Å². The van der Waals surface area contributed by atoms with Gasteiger partial charge < -0.3 is 19.7 Å². The summed E-state index contributed by atoms with van der Waals surface area (Å²) < 4.78 is 10.8. The average Bonchev–Trinajstić information content (AvgIpc) is 2.77. The summed E-state index contributed by atoms with van der Waals surface area (Å²) >= 11 is 0. The highest BCUT2D eigenvalue weighted by Gasteiger charge is 2.08. The molecule has 3 rings (SSSR count). The van der Waals surface area contributed by atoms with Gasteiger partial charge in [0.2, 0.25) is 5.88 Å². The largest absolute Gasteiger partial charge is 0.439 e. The molecule has 0 saturated carbocycles. The molecule has 0 radical (unpaired) electrons. The Morgan fingerprint density at radius 2 is 1.66 bits per heavy atom. The van der Waals surface area contributed by atoms with Gasteiger partial charge in [-0.1, -0.05) is 25.1 Å². The standard InChI is InChI=1S/C24H29N3O2/c1-19(18-25-16-17-28-3)20-7-9-21(10-8-20)27(2)22-11-13-23(14-12-22)29-24-6-4-5-15-26-24/h4-15,19,25H,16-18H2,1-3H3. The van der Waals surface area contributed by atoms with Crippen molar-refractivity contribution >= 4 is 11.4 Å². The molecular formula is C24H29N3O2. The Kier molecular flexibility index (Phi) is 7.61. The molecule has 152 valence electrons. The highest BCUT2D eigenvalue weighted by Crippen LogP contribution is 2.28. The third kappa shape index (κ3) is 6.04. The van der Waals surface area contributed by atoms with Gasteiger partial charge >= 0.3 is 0 Å². The molecule has 5 nitrogen and oxygen atoms in total. The van der Waals surface area contributed by atoms with Gasteiger partial charge in [-0.05, 0) is 53.9 Å². The van der Waals surface area contributed by atoms with Crippen molar-refractivity contribution in [2.45, 2.75) is 12.8 Å². The minimum Gasteiger partial charge on any atom is -0.439 e. The van der Waals surface area contributed by atoms with Gasteiger partial charge in [0.25, 0.3) is 0 Å². The van der Waals surface area contributed by atoms with Crippen molar-refractivity contribution in [2.75, 3.05) is 38.8 Å². The van der Waals surface area contributed by atoms with Crippen molar-refractivity contribution in [2.24, 2.45) is 0 Å². The van der Waals surface area contributed by atoms with Crippen molar-refractivity contribution in [1.29, 1.82) is 0 Å². The summed E-state index contributed by atoms with van der Waals surface area (Å²) in [5.41, 5.74) is 3.57. The van der Waals surface area contributed by atoms with E-state index in [-0.39, 0.29) is 0 Å². The van der Waals surface area contributed by atoms with Crippen LogP contribution in [0.25, 0.3) is 0 Å². The van der Waals surface area contributed by atoms with Gasteiger partial charge in [-0.3, -0.25) is 0 Å². The zero-order chi connectivity index (χ0) is 20.5. The van der Waals surface area contributed by atoms with E-state index in [4.69, 9.17) is 9.47 Å². The first-order valence-corrected chi connectivity index (χ1v) is 9.89. The number of nitrogens with zero attached hydrogens (tertiary/aromatic N) is 2. The number of methoxy groups -OCH3 is 1. The number of ether oxygens (including phenoxy) is 2. The lowest BCUT2D eigenvalue weighted by molar-refractivity contribution is 0.199. The maximum Gasteiger partial charge on any atom is 0.219 e. The van der Waals surface area contributed by atoms with E-state index in [9.17, 15) is 0 Å². The molecule has 0 spiro atoms. The number of hydrogen-bond acceptors (Lipinski definition) is 5. The van der Waals surface area contributed by atoms with E-state index in [1.54, 1.807) is 13.3 Å². The highest BCUT2D eigenvalue weighted by molar-refractivity contribution is 5.63. The van der Waals surface area contributed by atoms with Crippen LogP contribution in [0.4, 0.5) is 11.4 Å². The lowest BCUT2D eigenvalue weighted by atomic mass is 10.0. The third-order valence-electron chi connectivity index (χ3n) is 4.87. The number of hydrogen-bond donors (Lipinski definition) is 1. The van der Waals surface area contributed by atoms with E-state index in [2.05, 4.69) is 65.6 Å². The van der Waals surface area contributed by atoms with Gasteiger partial charge in [-0.25, -0.2) is 4.98 Å². The fourth-order valence-corrected chi connectivity index (χ4v) is 3.05. The smallest absolute Gasteiger partial charge is 0.219 e. The van der Waals surface area contributed by atoms with Gasteiger partial charge in [0, 0.05) is 50.9 Å². The zero-order valence-electron chi connectivity index (χ0n) is 17.3. The van der Waals surface area contributed by atoms with Gasteiger partial charge in [-0.15, -0.1) is 0 Å². The minimum atomic E-state index is 0.453. The first-order chi connectivity index (χ1) is 14.2. The van der Waals surface area contributed by atoms with E-state index < -0.39 is 0 Å². The number of nitrogens with one attached hydrogen (secondary N) is 1. The third-order valence-corrected chi connectivity index (χ3v) is 4.87. The Labute approximate surface area is 173 Å². The molecule has 1 unspecified atom stereocenters. The Hall–Kier alpha value is -2.89. The number of rotatable bonds is 10. The molecule has 1 N–H and O–H groups in total.